The van der Waals surface area contributed by atoms with Crippen molar-refractivity contribution in [3.63, 3.8) is 0 Å². The predicted octanol–water partition coefficient (Wildman–Crippen LogP) is 1.50. The fourth-order valence-corrected chi connectivity index (χ4v) is 1.32. The van der Waals surface area contributed by atoms with Crippen LogP contribution < -0.4 is 5.56 Å². The molecule has 15 heavy (non-hydrogen) atoms. The van der Waals surface area contributed by atoms with E-state index in [-0.39, 0.29) is 11.4 Å². The SMILES string of the molecule is O=c1ccnc(Cc2ccccc2F)[nH]1. The fraction of sp³-hybridized carbons (Fsp3) is 0.0909. The Bertz CT molecular complexity index is 522. The van der Waals surface area contributed by atoms with Crippen molar-refractivity contribution in [2.45, 2.75) is 6.42 Å². The van der Waals surface area contributed by atoms with E-state index >= 15 is 0 Å². The highest BCUT2D eigenvalue weighted by Gasteiger charge is 2.03. The molecule has 4 heteroatoms. The third-order valence-electron chi connectivity index (χ3n) is 2.04. The molecule has 76 valence electrons. The van der Waals surface area contributed by atoms with E-state index in [0.717, 1.165) is 0 Å². The van der Waals surface area contributed by atoms with Gasteiger partial charge in [-0.3, -0.25) is 4.79 Å². The minimum atomic E-state index is -0.288. The van der Waals surface area contributed by atoms with Gasteiger partial charge in [-0.25, -0.2) is 9.37 Å². The van der Waals surface area contributed by atoms with Crippen molar-refractivity contribution in [2.75, 3.05) is 0 Å². The monoisotopic (exact) mass is 204 g/mol. The van der Waals surface area contributed by atoms with Crippen molar-refractivity contribution in [2.24, 2.45) is 0 Å². The summed E-state index contributed by atoms with van der Waals surface area (Å²) in [6, 6.07) is 7.75. The minimum Gasteiger partial charge on any atom is -0.310 e. The number of H-pyrrole nitrogens is 1. The molecule has 0 aliphatic carbocycles. The molecule has 0 saturated heterocycles. The molecule has 2 rings (SSSR count). The number of hydrogen-bond donors (Lipinski definition) is 1. The number of aromatic amines is 1. The summed E-state index contributed by atoms with van der Waals surface area (Å²) in [7, 11) is 0. The average molecular weight is 204 g/mol. The van der Waals surface area contributed by atoms with Crippen LogP contribution in [0.3, 0.4) is 0 Å². The summed E-state index contributed by atoms with van der Waals surface area (Å²) >= 11 is 0. The van der Waals surface area contributed by atoms with Gasteiger partial charge >= 0.3 is 0 Å². The summed E-state index contributed by atoms with van der Waals surface area (Å²) < 4.78 is 13.3. The topological polar surface area (TPSA) is 45.8 Å². The van der Waals surface area contributed by atoms with Crippen molar-refractivity contribution in [3.8, 4) is 0 Å². The lowest BCUT2D eigenvalue weighted by molar-refractivity contribution is 0.612. The van der Waals surface area contributed by atoms with E-state index in [4.69, 9.17) is 0 Å². The molecule has 0 bridgehead atoms. The first-order valence-electron chi connectivity index (χ1n) is 4.53. The summed E-state index contributed by atoms with van der Waals surface area (Å²) in [4.78, 5) is 17.5. The zero-order valence-corrected chi connectivity index (χ0v) is 7.90. The summed E-state index contributed by atoms with van der Waals surface area (Å²) in [5, 5.41) is 0. The molecule has 0 fully saturated rings. The number of benzene rings is 1. The third kappa shape index (κ3) is 2.28. The van der Waals surface area contributed by atoms with Crippen molar-refractivity contribution in [3.05, 3.63) is 64.1 Å². The maximum absolute atomic E-state index is 13.3. The number of nitrogens with one attached hydrogen (secondary N) is 1. The van der Waals surface area contributed by atoms with Crippen LogP contribution in [-0.4, -0.2) is 9.97 Å². The van der Waals surface area contributed by atoms with Crippen LogP contribution >= 0.6 is 0 Å². The molecule has 1 heterocycles. The van der Waals surface area contributed by atoms with Gasteiger partial charge in [0.05, 0.1) is 0 Å². The highest BCUT2D eigenvalue weighted by Crippen LogP contribution is 2.09. The molecule has 3 nitrogen and oxygen atoms in total. The van der Waals surface area contributed by atoms with Crippen LogP contribution in [-0.2, 0) is 6.42 Å². The highest BCUT2D eigenvalue weighted by molar-refractivity contribution is 5.20. The zero-order valence-electron chi connectivity index (χ0n) is 7.90. The molecule has 1 N–H and O–H groups in total. The van der Waals surface area contributed by atoms with Gasteiger partial charge < -0.3 is 4.98 Å². The summed E-state index contributed by atoms with van der Waals surface area (Å²) in [5.74, 6) is 0.177. The molecule has 1 aromatic carbocycles. The summed E-state index contributed by atoms with van der Waals surface area (Å²) in [6.07, 6.45) is 1.71. The Morgan fingerprint density at radius 2 is 2.07 bits per heavy atom. The maximum atomic E-state index is 13.3. The van der Waals surface area contributed by atoms with E-state index in [1.54, 1.807) is 18.2 Å². The molecule has 0 radical (unpaired) electrons. The van der Waals surface area contributed by atoms with E-state index in [0.29, 0.717) is 17.8 Å². The Morgan fingerprint density at radius 3 is 2.80 bits per heavy atom. The highest BCUT2D eigenvalue weighted by atomic mass is 19.1. The van der Waals surface area contributed by atoms with Gasteiger partial charge in [-0.1, -0.05) is 18.2 Å². The number of halogens is 1. The molecule has 0 aliphatic rings. The normalized spacial score (nSPS) is 10.2. The molecular formula is C11H9FN2O. The molecule has 0 atom stereocenters. The van der Waals surface area contributed by atoms with E-state index in [2.05, 4.69) is 9.97 Å². The van der Waals surface area contributed by atoms with Crippen molar-refractivity contribution < 1.29 is 4.39 Å². The molecule has 0 aliphatic heterocycles. The smallest absolute Gasteiger partial charge is 0.250 e. The lowest BCUT2D eigenvalue weighted by Crippen LogP contribution is -2.09. The molecule has 2 aromatic rings. The Kier molecular flexibility index (Phi) is 2.58. The van der Waals surface area contributed by atoms with E-state index in [9.17, 15) is 9.18 Å². The van der Waals surface area contributed by atoms with Gasteiger partial charge in [-0.2, -0.15) is 0 Å². The quantitative estimate of drug-likeness (QED) is 0.805. The Hall–Kier alpha value is -1.97. The van der Waals surface area contributed by atoms with Crippen molar-refractivity contribution >= 4 is 0 Å². The Labute approximate surface area is 85.6 Å². The maximum Gasteiger partial charge on any atom is 0.250 e. The number of nitrogens with zero attached hydrogens (tertiary/aromatic N) is 1. The van der Waals surface area contributed by atoms with E-state index < -0.39 is 0 Å². The first kappa shape index (κ1) is 9.58. The third-order valence-corrected chi connectivity index (χ3v) is 2.04. The zero-order chi connectivity index (χ0) is 10.7. The van der Waals surface area contributed by atoms with Crippen LogP contribution in [0.1, 0.15) is 11.4 Å². The second-order valence-corrected chi connectivity index (χ2v) is 3.15. The summed E-state index contributed by atoms with van der Waals surface area (Å²) in [6.45, 7) is 0. The van der Waals surface area contributed by atoms with Crippen molar-refractivity contribution in [1.82, 2.24) is 9.97 Å². The van der Waals surface area contributed by atoms with E-state index in [1.807, 2.05) is 0 Å². The Morgan fingerprint density at radius 1 is 1.27 bits per heavy atom. The second kappa shape index (κ2) is 4.04. The van der Waals surface area contributed by atoms with Crippen LogP contribution in [0.2, 0.25) is 0 Å². The number of aromatic nitrogens is 2. The predicted molar refractivity (Wildman–Crippen MR) is 54.1 cm³/mol. The molecule has 0 spiro atoms. The van der Waals surface area contributed by atoms with Gasteiger partial charge in [-0.05, 0) is 11.6 Å². The van der Waals surface area contributed by atoms with Crippen LogP contribution in [0.5, 0.6) is 0 Å². The van der Waals surface area contributed by atoms with Crippen LogP contribution in [0.15, 0.2) is 41.3 Å². The Balaban J connectivity index is 2.30. The molecular weight excluding hydrogens is 195 g/mol. The van der Waals surface area contributed by atoms with Gasteiger partial charge in [0.25, 0.3) is 5.56 Å². The largest absolute Gasteiger partial charge is 0.310 e. The summed E-state index contributed by atoms with van der Waals surface area (Å²) in [5.41, 5.74) is 0.295. The standard InChI is InChI=1S/C11H9FN2O/c12-9-4-2-1-3-8(9)7-10-13-6-5-11(15)14-10/h1-6H,7H2,(H,13,14,15). The second-order valence-electron chi connectivity index (χ2n) is 3.15. The van der Waals surface area contributed by atoms with Gasteiger partial charge in [0.2, 0.25) is 0 Å². The van der Waals surface area contributed by atoms with Gasteiger partial charge in [0, 0.05) is 18.7 Å². The lowest BCUT2D eigenvalue weighted by Gasteiger charge is -2.01. The van der Waals surface area contributed by atoms with Gasteiger partial charge in [0.15, 0.2) is 0 Å². The number of rotatable bonds is 2. The first-order chi connectivity index (χ1) is 7.25. The number of hydrogen-bond acceptors (Lipinski definition) is 2. The van der Waals surface area contributed by atoms with Crippen LogP contribution in [0.25, 0.3) is 0 Å². The van der Waals surface area contributed by atoms with Gasteiger partial charge in [-0.15, -0.1) is 0 Å². The average Bonchev–Trinajstić information content (AvgIpc) is 2.22. The lowest BCUT2D eigenvalue weighted by atomic mass is 10.1. The first-order valence-corrected chi connectivity index (χ1v) is 4.53. The van der Waals surface area contributed by atoms with Crippen LogP contribution in [0.4, 0.5) is 4.39 Å². The molecule has 0 unspecified atom stereocenters. The molecule has 0 saturated carbocycles. The van der Waals surface area contributed by atoms with E-state index in [1.165, 1.54) is 18.3 Å². The molecule has 1 aromatic heterocycles. The fourth-order valence-electron chi connectivity index (χ4n) is 1.32. The molecule has 0 amide bonds. The minimum absolute atomic E-state index is 0.226. The van der Waals surface area contributed by atoms with Crippen molar-refractivity contribution in [1.29, 1.82) is 0 Å². The van der Waals surface area contributed by atoms with Gasteiger partial charge in [0.1, 0.15) is 11.6 Å². The van der Waals surface area contributed by atoms with Crippen LogP contribution in [0, 0.1) is 5.82 Å².